The van der Waals surface area contributed by atoms with Gasteiger partial charge in [-0.1, -0.05) is 13.0 Å². The smallest absolute Gasteiger partial charge is 0.316 e. The average Bonchev–Trinajstić information content (AvgIpc) is 3.40. The molecule has 1 aliphatic carbocycles. The number of methoxy groups -OCH3 is 1. The van der Waals surface area contributed by atoms with Crippen molar-refractivity contribution in [3.05, 3.63) is 41.2 Å². The third-order valence-electron chi connectivity index (χ3n) is 5.28. The SMILES string of the molecule is CCc1cc(C2(C(=O)OC)CC2)cnc1-c1nc2cc(C)cnc2n1C. The number of carbonyl (C=O) groups is 1. The highest BCUT2D eigenvalue weighted by atomic mass is 16.5. The first kappa shape index (κ1) is 16.7. The molecule has 0 N–H and O–H groups in total. The first-order chi connectivity index (χ1) is 12.5. The van der Waals surface area contributed by atoms with Gasteiger partial charge in [-0.15, -0.1) is 0 Å². The van der Waals surface area contributed by atoms with Crippen molar-refractivity contribution in [1.82, 2.24) is 19.5 Å². The minimum absolute atomic E-state index is 0.170. The zero-order chi connectivity index (χ0) is 18.5. The Labute approximate surface area is 152 Å². The summed E-state index contributed by atoms with van der Waals surface area (Å²) in [5, 5.41) is 0. The Hall–Kier alpha value is -2.76. The van der Waals surface area contributed by atoms with Crippen molar-refractivity contribution in [3.63, 3.8) is 0 Å². The summed E-state index contributed by atoms with van der Waals surface area (Å²) in [7, 11) is 3.40. The number of aromatic nitrogens is 4. The lowest BCUT2D eigenvalue weighted by Crippen LogP contribution is -2.22. The fourth-order valence-corrected chi connectivity index (χ4v) is 3.56. The molecule has 0 bridgehead atoms. The van der Waals surface area contributed by atoms with E-state index in [-0.39, 0.29) is 5.97 Å². The number of pyridine rings is 2. The van der Waals surface area contributed by atoms with Crippen LogP contribution in [0.15, 0.2) is 24.5 Å². The van der Waals surface area contributed by atoms with E-state index in [4.69, 9.17) is 14.7 Å². The van der Waals surface area contributed by atoms with E-state index in [0.717, 1.165) is 58.6 Å². The maximum absolute atomic E-state index is 12.2. The van der Waals surface area contributed by atoms with E-state index < -0.39 is 5.41 Å². The number of ether oxygens (including phenoxy) is 1. The molecule has 6 nitrogen and oxygen atoms in total. The molecule has 3 aromatic rings. The van der Waals surface area contributed by atoms with Gasteiger partial charge in [-0.25, -0.2) is 9.97 Å². The van der Waals surface area contributed by atoms with Gasteiger partial charge in [-0.2, -0.15) is 0 Å². The van der Waals surface area contributed by atoms with Crippen LogP contribution < -0.4 is 0 Å². The Kier molecular flexibility index (Phi) is 3.79. The first-order valence-corrected chi connectivity index (χ1v) is 8.87. The summed E-state index contributed by atoms with van der Waals surface area (Å²) in [5.74, 6) is 0.626. The predicted molar refractivity (Wildman–Crippen MR) is 98.8 cm³/mol. The van der Waals surface area contributed by atoms with Crippen LogP contribution in [-0.2, 0) is 28.4 Å². The van der Waals surface area contributed by atoms with E-state index in [1.54, 1.807) is 6.20 Å². The number of aryl methyl sites for hydroxylation is 3. The Morgan fingerprint density at radius 3 is 2.69 bits per heavy atom. The molecule has 1 fully saturated rings. The Morgan fingerprint density at radius 2 is 2.04 bits per heavy atom. The van der Waals surface area contributed by atoms with Crippen molar-refractivity contribution in [1.29, 1.82) is 0 Å². The fourth-order valence-electron chi connectivity index (χ4n) is 3.56. The number of hydrogen-bond acceptors (Lipinski definition) is 5. The maximum atomic E-state index is 12.2. The topological polar surface area (TPSA) is 69.9 Å². The molecule has 6 heteroatoms. The second-order valence-corrected chi connectivity index (χ2v) is 7.01. The highest BCUT2D eigenvalue weighted by Gasteiger charge is 2.53. The van der Waals surface area contributed by atoms with Crippen molar-refractivity contribution in [2.45, 2.75) is 38.5 Å². The second kappa shape index (κ2) is 5.90. The summed E-state index contributed by atoms with van der Waals surface area (Å²) < 4.78 is 6.97. The summed E-state index contributed by atoms with van der Waals surface area (Å²) >= 11 is 0. The number of rotatable bonds is 4. The van der Waals surface area contributed by atoms with E-state index in [2.05, 4.69) is 18.0 Å². The molecule has 1 saturated carbocycles. The van der Waals surface area contributed by atoms with Crippen LogP contribution >= 0.6 is 0 Å². The molecule has 0 atom stereocenters. The summed E-state index contributed by atoms with van der Waals surface area (Å²) in [6.45, 7) is 4.10. The molecule has 1 aliphatic rings. The van der Waals surface area contributed by atoms with Crippen LogP contribution in [0.3, 0.4) is 0 Å². The number of hydrogen-bond donors (Lipinski definition) is 0. The van der Waals surface area contributed by atoms with Gasteiger partial charge >= 0.3 is 5.97 Å². The van der Waals surface area contributed by atoms with Crippen molar-refractivity contribution < 1.29 is 9.53 Å². The lowest BCUT2D eigenvalue weighted by Gasteiger charge is -2.15. The molecular formula is C20H22N4O2. The van der Waals surface area contributed by atoms with E-state index >= 15 is 0 Å². The van der Waals surface area contributed by atoms with Gasteiger partial charge in [0.1, 0.15) is 11.2 Å². The quantitative estimate of drug-likeness (QED) is 0.676. The van der Waals surface area contributed by atoms with Crippen LogP contribution in [0.4, 0.5) is 0 Å². The molecule has 26 heavy (non-hydrogen) atoms. The van der Waals surface area contributed by atoms with E-state index in [0.29, 0.717) is 0 Å². The second-order valence-electron chi connectivity index (χ2n) is 7.01. The number of fused-ring (bicyclic) bond motifs is 1. The Morgan fingerprint density at radius 1 is 1.27 bits per heavy atom. The maximum Gasteiger partial charge on any atom is 0.316 e. The third kappa shape index (κ3) is 2.40. The summed E-state index contributed by atoms with van der Waals surface area (Å²) in [5.41, 5.74) is 5.14. The minimum Gasteiger partial charge on any atom is -0.468 e. The van der Waals surface area contributed by atoms with Gasteiger partial charge in [0, 0.05) is 19.4 Å². The molecule has 0 unspecified atom stereocenters. The average molecular weight is 350 g/mol. The highest BCUT2D eigenvalue weighted by Crippen LogP contribution is 2.49. The monoisotopic (exact) mass is 350 g/mol. The summed E-state index contributed by atoms with van der Waals surface area (Å²) in [6.07, 6.45) is 6.09. The summed E-state index contributed by atoms with van der Waals surface area (Å²) in [4.78, 5) is 26.1. The minimum atomic E-state index is -0.505. The number of nitrogens with zero attached hydrogens (tertiary/aromatic N) is 4. The molecule has 0 radical (unpaired) electrons. The van der Waals surface area contributed by atoms with Crippen LogP contribution in [0.25, 0.3) is 22.7 Å². The fraction of sp³-hybridized carbons (Fsp3) is 0.400. The standard InChI is InChI=1S/C20H22N4O2/c1-5-13-9-14(20(6-7-20)19(25)26-4)11-21-16(13)18-23-15-8-12(2)10-22-17(15)24(18)3/h8-11H,5-7H2,1-4H3. The lowest BCUT2D eigenvalue weighted by atomic mass is 9.95. The molecule has 0 saturated heterocycles. The van der Waals surface area contributed by atoms with Gasteiger partial charge in [0.05, 0.1) is 12.5 Å². The Balaban J connectivity index is 1.83. The number of esters is 1. The molecule has 134 valence electrons. The van der Waals surface area contributed by atoms with Crippen molar-refractivity contribution in [3.8, 4) is 11.5 Å². The molecule has 0 amide bonds. The van der Waals surface area contributed by atoms with E-state index in [1.165, 1.54) is 7.11 Å². The van der Waals surface area contributed by atoms with Crippen LogP contribution in [-0.4, -0.2) is 32.6 Å². The van der Waals surface area contributed by atoms with Gasteiger partial charge in [-0.05, 0) is 48.9 Å². The van der Waals surface area contributed by atoms with Crippen LogP contribution in [0.1, 0.15) is 36.5 Å². The Bertz CT molecular complexity index is 1020. The van der Waals surface area contributed by atoms with Gasteiger partial charge in [0.2, 0.25) is 0 Å². The first-order valence-electron chi connectivity index (χ1n) is 8.87. The summed E-state index contributed by atoms with van der Waals surface area (Å²) in [6, 6.07) is 4.12. The predicted octanol–water partition coefficient (Wildman–Crippen LogP) is 3.11. The van der Waals surface area contributed by atoms with Gasteiger partial charge in [0.25, 0.3) is 0 Å². The van der Waals surface area contributed by atoms with Crippen LogP contribution in [0.5, 0.6) is 0 Å². The largest absolute Gasteiger partial charge is 0.468 e. The molecule has 3 heterocycles. The zero-order valence-corrected chi connectivity index (χ0v) is 15.5. The van der Waals surface area contributed by atoms with Crippen LogP contribution in [0, 0.1) is 6.92 Å². The van der Waals surface area contributed by atoms with Crippen molar-refractivity contribution in [2.75, 3.05) is 7.11 Å². The lowest BCUT2D eigenvalue weighted by molar-refractivity contribution is -0.143. The molecule has 0 aromatic carbocycles. The van der Waals surface area contributed by atoms with Crippen molar-refractivity contribution >= 4 is 17.1 Å². The van der Waals surface area contributed by atoms with Gasteiger partial charge in [0.15, 0.2) is 11.5 Å². The number of carbonyl (C=O) groups excluding carboxylic acids is 1. The van der Waals surface area contributed by atoms with E-state index in [9.17, 15) is 4.79 Å². The molecule has 4 rings (SSSR count). The van der Waals surface area contributed by atoms with Gasteiger partial charge < -0.3 is 9.30 Å². The highest BCUT2D eigenvalue weighted by molar-refractivity contribution is 5.86. The third-order valence-corrected chi connectivity index (χ3v) is 5.28. The molecule has 3 aromatic heterocycles. The van der Waals surface area contributed by atoms with Crippen LogP contribution in [0.2, 0.25) is 0 Å². The van der Waals surface area contributed by atoms with Gasteiger partial charge in [-0.3, -0.25) is 9.78 Å². The van der Waals surface area contributed by atoms with Crippen molar-refractivity contribution in [2.24, 2.45) is 7.05 Å². The molecule has 0 spiro atoms. The molecule has 0 aliphatic heterocycles. The van der Waals surface area contributed by atoms with E-state index in [1.807, 2.05) is 30.8 Å². The zero-order valence-electron chi connectivity index (χ0n) is 15.5. The number of imidazole rings is 1. The normalized spacial score (nSPS) is 15.2. The molecular weight excluding hydrogens is 328 g/mol.